The zero-order valence-corrected chi connectivity index (χ0v) is 15.3. The molecule has 0 aliphatic rings. The molecular weight excluding hydrogens is 300 g/mol. The van der Waals surface area contributed by atoms with Crippen molar-refractivity contribution in [1.29, 1.82) is 0 Å². The molecule has 24 heavy (non-hydrogen) atoms. The maximum atomic E-state index is 11.2. The molecule has 5 heteroatoms. The molecule has 1 amide bonds. The van der Waals surface area contributed by atoms with Crippen LogP contribution in [0.25, 0.3) is 0 Å². The van der Waals surface area contributed by atoms with E-state index in [1.807, 2.05) is 25.1 Å². The van der Waals surface area contributed by atoms with Gasteiger partial charge in [0.2, 0.25) is 5.91 Å². The number of carbonyl (C=O) groups is 1. The third-order valence-electron chi connectivity index (χ3n) is 4.07. The molecule has 0 bridgehead atoms. The maximum Gasteiger partial charge on any atom is 0.221 e. The topological polar surface area (TPSA) is 59.0 Å². The number of nitrogens with zero attached hydrogens (tertiary/aromatic N) is 2. The minimum Gasteiger partial charge on any atom is -0.326 e. The molecule has 2 rings (SSSR count). The molecule has 0 aliphatic heterocycles. The summed E-state index contributed by atoms with van der Waals surface area (Å²) in [6, 6.07) is 10.3. The molecule has 0 unspecified atom stereocenters. The zero-order valence-electron chi connectivity index (χ0n) is 15.3. The number of anilines is 1. The average Bonchev–Trinajstić information content (AvgIpc) is 2.82. The summed E-state index contributed by atoms with van der Waals surface area (Å²) >= 11 is 0. The van der Waals surface area contributed by atoms with Crippen LogP contribution in [0.15, 0.2) is 30.3 Å². The number of nitrogens with one attached hydrogen (secondary N) is 2. The van der Waals surface area contributed by atoms with Crippen LogP contribution in [0.2, 0.25) is 0 Å². The second kappa shape index (κ2) is 8.11. The molecule has 1 aromatic carbocycles. The standard InChI is InChI=1S/C19H28N4O/c1-13(12-23-15(3)9-14(2)22-23)11-20-16(4)18-7-6-8-19(10-18)21-17(5)24/h6-10,13,16,20H,11-12H2,1-5H3,(H,21,24)/t13-,16+/m0/s1. The van der Waals surface area contributed by atoms with Crippen molar-refractivity contribution in [1.82, 2.24) is 15.1 Å². The lowest BCUT2D eigenvalue weighted by Gasteiger charge is -2.19. The van der Waals surface area contributed by atoms with E-state index in [0.29, 0.717) is 5.92 Å². The molecule has 0 fully saturated rings. The van der Waals surface area contributed by atoms with Gasteiger partial charge in [-0.3, -0.25) is 9.48 Å². The number of hydrogen-bond acceptors (Lipinski definition) is 3. The van der Waals surface area contributed by atoms with Crippen LogP contribution < -0.4 is 10.6 Å². The van der Waals surface area contributed by atoms with Gasteiger partial charge in [0.15, 0.2) is 0 Å². The fraction of sp³-hybridized carbons (Fsp3) is 0.474. The van der Waals surface area contributed by atoms with E-state index in [-0.39, 0.29) is 11.9 Å². The van der Waals surface area contributed by atoms with Crippen molar-refractivity contribution in [2.75, 3.05) is 11.9 Å². The van der Waals surface area contributed by atoms with Gasteiger partial charge in [0.25, 0.3) is 0 Å². The molecule has 5 nitrogen and oxygen atoms in total. The summed E-state index contributed by atoms with van der Waals surface area (Å²) in [4.78, 5) is 11.2. The second-order valence-electron chi connectivity index (χ2n) is 6.65. The maximum absolute atomic E-state index is 11.2. The van der Waals surface area contributed by atoms with Crippen LogP contribution in [0.4, 0.5) is 5.69 Å². The molecular formula is C19H28N4O. The van der Waals surface area contributed by atoms with Crippen molar-refractivity contribution in [3.63, 3.8) is 0 Å². The first-order chi connectivity index (χ1) is 11.3. The molecule has 2 N–H and O–H groups in total. The SMILES string of the molecule is CC(=O)Nc1cccc([C@@H](C)NC[C@H](C)Cn2nc(C)cc2C)c1. The van der Waals surface area contributed by atoms with Crippen LogP contribution in [-0.4, -0.2) is 22.2 Å². The molecule has 0 saturated heterocycles. The summed E-state index contributed by atoms with van der Waals surface area (Å²) in [5.74, 6) is 0.426. The summed E-state index contributed by atoms with van der Waals surface area (Å²) in [7, 11) is 0. The van der Waals surface area contributed by atoms with Crippen molar-refractivity contribution in [3.05, 3.63) is 47.3 Å². The van der Waals surface area contributed by atoms with E-state index in [0.717, 1.165) is 24.5 Å². The highest BCUT2D eigenvalue weighted by molar-refractivity contribution is 5.88. The van der Waals surface area contributed by atoms with Crippen molar-refractivity contribution >= 4 is 11.6 Å². The smallest absolute Gasteiger partial charge is 0.221 e. The molecule has 1 aromatic heterocycles. The number of amides is 1. The van der Waals surface area contributed by atoms with E-state index in [9.17, 15) is 4.79 Å². The number of aromatic nitrogens is 2. The summed E-state index contributed by atoms with van der Waals surface area (Å²) < 4.78 is 2.07. The largest absolute Gasteiger partial charge is 0.326 e. The Balaban J connectivity index is 1.89. The van der Waals surface area contributed by atoms with Crippen LogP contribution in [0.3, 0.4) is 0 Å². The molecule has 0 aliphatic carbocycles. The van der Waals surface area contributed by atoms with E-state index in [2.05, 4.69) is 53.3 Å². The Morgan fingerprint density at radius 3 is 2.62 bits per heavy atom. The van der Waals surface area contributed by atoms with E-state index in [1.54, 1.807) is 0 Å². The highest BCUT2D eigenvalue weighted by Crippen LogP contribution is 2.18. The Kier molecular flexibility index (Phi) is 6.15. The van der Waals surface area contributed by atoms with Gasteiger partial charge < -0.3 is 10.6 Å². The van der Waals surface area contributed by atoms with Gasteiger partial charge in [-0.2, -0.15) is 5.10 Å². The number of aryl methyl sites for hydroxylation is 2. The van der Waals surface area contributed by atoms with Gasteiger partial charge in [0.1, 0.15) is 0 Å². The first kappa shape index (κ1) is 18.2. The van der Waals surface area contributed by atoms with E-state index in [4.69, 9.17) is 0 Å². The summed E-state index contributed by atoms with van der Waals surface area (Å²) in [5.41, 5.74) is 4.27. The first-order valence-corrected chi connectivity index (χ1v) is 8.47. The van der Waals surface area contributed by atoms with Crippen LogP contribution in [0, 0.1) is 19.8 Å². The zero-order chi connectivity index (χ0) is 17.7. The number of hydrogen-bond donors (Lipinski definition) is 2. The summed E-state index contributed by atoms with van der Waals surface area (Å²) in [6.45, 7) is 11.8. The van der Waals surface area contributed by atoms with E-state index >= 15 is 0 Å². The molecule has 2 atom stereocenters. The number of carbonyl (C=O) groups excluding carboxylic acids is 1. The van der Waals surface area contributed by atoms with E-state index < -0.39 is 0 Å². The average molecular weight is 328 g/mol. The Hall–Kier alpha value is -2.14. The van der Waals surface area contributed by atoms with Gasteiger partial charge >= 0.3 is 0 Å². The third kappa shape index (κ3) is 5.20. The lowest BCUT2D eigenvalue weighted by molar-refractivity contribution is -0.114. The van der Waals surface area contributed by atoms with Gasteiger partial charge in [-0.25, -0.2) is 0 Å². The van der Waals surface area contributed by atoms with Crippen LogP contribution in [0.1, 0.15) is 43.8 Å². The Morgan fingerprint density at radius 2 is 2.00 bits per heavy atom. The van der Waals surface area contributed by atoms with Crippen molar-refractivity contribution in [2.24, 2.45) is 5.92 Å². The van der Waals surface area contributed by atoms with Gasteiger partial charge in [0.05, 0.1) is 5.69 Å². The number of rotatable bonds is 7. The molecule has 0 spiro atoms. The monoisotopic (exact) mass is 328 g/mol. The van der Waals surface area contributed by atoms with Gasteiger partial charge in [-0.05, 0) is 50.5 Å². The quantitative estimate of drug-likeness (QED) is 0.818. The molecule has 1 heterocycles. The fourth-order valence-corrected chi connectivity index (χ4v) is 2.80. The lowest BCUT2D eigenvalue weighted by atomic mass is 10.1. The summed E-state index contributed by atoms with van der Waals surface area (Å²) in [6.07, 6.45) is 0. The Labute approximate surface area is 144 Å². The van der Waals surface area contributed by atoms with Crippen LogP contribution >= 0.6 is 0 Å². The molecule has 2 aromatic rings. The highest BCUT2D eigenvalue weighted by atomic mass is 16.1. The molecule has 0 saturated carbocycles. The van der Waals surface area contributed by atoms with Crippen LogP contribution in [0.5, 0.6) is 0 Å². The minimum absolute atomic E-state index is 0.0497. The minimum atomic E-state index is -0.0497. The van der Waals surface area contributed by atoms with Gasteiger partial charge in [-0.1, -0.05) is 19.1 Å². The predicted molar refractivity (Wildman–Crippen MR) is 98.0 cm³/mol. The normalized spacial score (nSPS) is 13.5. The van der Waals surface area contributed by atoms with Gasteiger partial charge in [-0.15, -0.1) is 0 Å². The van der Waals surface area contributed by atoms with Crippen molar-refractivity contribution < 1.29 is 4.79 Å². The Morgan fingerprint density at radius 1 is 1.25 bits per heavy atom. The third-order valence-corrected chi connectivity index (χ3v) is 4.07. The summed E-state index contributed by atoms with van der Waals surface area (Å²) in [5, 5.41) is 10.9. The lowest BCUT2D eigenvalue weighted by Crippen LogP contribution is -2.27. The van der Waals surface area contributed by atoms with Crippen LogP contribution in [-0.2, 0) is 11.3 Å². The highest BCUT2D eigenvalue weighted by Gasteiger charge is 2.11. The van der Waals surface area contributed by atoms with Crippen molar-refractivity contribution in [3.8, 4) is 0 Å². The predicted octanol–water partition coefficient (Wildman–Crippen LogP) is 3.45. The van der Waals surface area contributed by atoms with Crippen molar-refractivity contribution in [2.45, 2.75) is 47.2 Å². The Bertz CT molecular complexity index is 692. The molecule has 0 radical (unpaired) electrons. The molecule has 130 valence electrons. The van der Waals surface area contributed by atoms with E-state index in [1.165, 1.54) is 18.2 Å². The van der Waals surface area contributed by atoms with Gasteiger partial charge in [0, 0.05) is 37.4 Å². The second-order valence-corrected chi connectivity index (χ2v) is 6.65. The number of benzene rings is 1. The first-order valence-electron chi connectivity index (χ1n) is 8.47. The fourth-order valence-electron chi connectivity index (χ4n) is 2.80.